The fraction of sp³-hybridized carbons (Fsp3) is 0.900. The van der Waals surface area contributed by atoms with E-state index >= 15 is 0 Å². The van der Waals surface area contributed by atoms with Crippen molar-refractivity contribution in [2.75, 3.05) is 5.75 Å². The number of aliphatic carboxylic acids is 1. The summed E-state index contributed by atoms with van der Waals surface area (Å²) in [6.07, 6.45) is 2.43. The Morgan fingerprint density at radius 1 is 1.38 bits per heavy atom. The molecule has 2 nitrogen and oxygen atoms in total. The van der Waals surface area contributed by atoms with Crippen LogP contribution in [0.4, 0.5) is 0 Å². The topological polar surface area (TPSA) is 37.3 Å². The van der Waals surface area contributed by atoms with E-state index in [1.54, 1.807) is 11.8 Å². The predicted molar refractivity (Wildman–Crippen MR) is 58.2 cm³/mol. The Morgan fingerprint density at radius 2 is 2.00 bits per heavy atom. The first-order valence-corrected chi connectivity index (χ1v) is 5.98. The lowest BCUT2D eigenvalue weighted by atomic mass is 10.2. The number of carbonyl (C=O) groups is 1. The molecular weight excluding hydrogens is 184 g/mol. The van der Waals surface area contributed by atoms with E-state index in [1.807, 2.05) is 0 Å². The SMILES string of the molecule is CCC(C)CSC(CC)CC(=O)O. The smallest absolute Gasteiger partial charge is 0.304 e. The summed E-state index contributed by atoms with van der Waals surface area (Å²) >= 11 is 1.80. The largest absolute Gasteiger partial charge is 0.481 e. The van der Waals surface area contributed by atoms with Crippen LogP contribution < -0.4 is 0 Å². The molecule has 0 aromatic carbocycles. The number of thioether (sulfide) groups is 1. The summed E-state index contributed by atoms with van der Waals surface area (Å²) in [5.74, 6) is 1.11. The van der Waals surface area contributed by atoms with E-state index in [9.17, 15) is 4.79 Å². The molecule has 2 atom stereocenters. The lowest BCUT2D eigenvalue weighted by molar-refractivity contribution is -0.136. The molecule has 3 heteroatoms. The van der Waals surface area contributed by atoms with E-state index in [4.69, 9.17) is 5.11 Å². The lowest BCUT2D eigenvalue weighted by Gasteiger charge is -2.14. The number of carboxylic acid groups (broad SMARTS) is 1. The van der Waals surface area contributed by atoms with Gasteiger partial charge in [-0.1, -0.05) is 27.2 Å². The second kappa shape index (κ2) is 7.25. The highest BCUT2D eigenvalue weighted by atomic mass is 32.2. The summed E-state index contributed by atoms with van der Waals surface area (Å²) in [6.45, 7) is 6.43. The summed E-state index contributed by atoms with van der Waals surface area (Å²) in [6, 6.07) is 0. The third-order valence-electron chi connectivity index (χ3n) is 2.17. The van der Waals surface area contributed by atoms with Crippen LogP contribution in [0.2, 0.25) is 0 Å². The molecule has 0 radical (unpaired) electrons. The van der Waals surface area contributed by atoms with E-state index in [2.05, 4.69) is 20.8 Å². The van der Waals surface area contributed by atoms with Gasteiger partial charge in [-0.2, -0.15) is 11.8 Å². The van der Waals surface area contributed by atoms with Crippen LogP contribution in [0.5, 0.6) is 0 Å². The molecule has 0 amide bonds. The number of hydrogen-bond donors (Lipinski definition) is 1. The molecule has 0 aromatic heterocycles. The van der Waals surface area contributed by atoms with E-state index in [0.717, 1.165) is 12.2 Å². The standard InChI is InChI=1S/C10H20O2S/c1-4-8(3)7-13-9(5-2)6-10(11)12/h8-9H,4-7H2,1-3H3,(H,11,12). The average Bonchev–Trinajstić information content (AvgIpc) is 2.10. The molecule has 1 N–H and O–H groups in total. The lowest BCUT2D eigenvalue weighted by Crippen LogP contribution is -2.11. The molecule has 0 heterocycles. The maximum atomic E-state index is 10.5. The highest BCUT2D eigenvalue weighted by Gasteiger charge is 2.12. The highest BCUT2D eigenvalue weighted by Crippen LogP contribution is 2.21. The van der Waals surface area contributed by atoms with E-state index in [-0.39, 0.29) is 0 Å². The maximum Gasteiger partial charge on any atom is 0.304 e. The van der Waals surface area contributed by atoms with Crippen LogP contribution >= 0.6 is 11.8 Å². The van der Waals surface area contributed by atoms with E-state index < -0.39 is 5.97 Å². The van der Waals surface area contributed by atoms with Gasteiger partial charge in [-0.15, -0.1) is 0 Å². The Labute approximate surface area is 85.1 Å². The van der Waals surface area contributed by atoms with Gasteiger partial charge >= 0.3 is 5.97 Å². The zero-order chi connectivity index (χ0) is 10.3. The first-order valence-electron chi connectivity index (χ1n) is 4.93. The summed E-state index contributed by atoms with van der Waals surface area (Å²) in [5, 5.41) is 8.92. The minimum atomic E-state index is -0.677. The number of carboxylic acids is 1. The Morgan fingerprint density at radius 3 is 2.38 bits per heavy atom. The third kappa shape index (κ3) is 6.94. The highest BCUT2D eigenvalue weighted by molar-refractivity contribution is 7.99. The van der Waals surface area contributed by atoms with E-state index in [0.29, 0.717) is 17.6 Å². The third-order valence-corrected chi connectivity index (χ3v) is 3.90. The van der Waals surface area contributed by atoms with Crippen LogP contribution in [0.1, 0.15) is 40.0 Å². The molecule has 0 aliphatic carbocycles. The van der Waals surface area contributed by atoms with Crippen molar-refractivity contribution in [3.63, 3.8) is 0 Å². The Balaban J connectivity index is 3.65. The van der Waals surface area contributed by atoms with Gasteiger partial charge in [0, 0.05) is 5.25 Å². The fourth-order valence-corrected chi connectivity index (χ4v) is 2.27. The van der Waals surface area contributed by atoms with Crippen molar-refractivity contribution < 1.29 is 9.90 Å². The van der Waals surface area contributed by atoms with Gasteiger partial charge in [-0.25, -0.2) is 0 Å². The van der Waals surface area contributed by atoms with Gasteiger partial charge < -0.3 is 5.11 Å². The Hall–Kier alpha value is -0.180. The van der Waals surface area contributed by atoms with Gasteiger partial charge in [0.25, 0.3) is 0 Å². The van der Waals surface area contributed by atoms with Crippen LogP contribution in [0.15, 0.2) is 0 Å². The minimum absolute atomic E-state index is 0.298. The molecule has 0 aliphatic rings. The van der Waals surface area contributed by atoms with Crippen molar-refractivity contribution in [3.8, 4) is 0 Å². The molecule has 0 spiro atoms. The van der Waals surface area contributed by atoms with Crippen LogP contribution in [0.25, 0.3) is 0 Å². The fourth-order valence-electron chi connectivity index (χ4n) is 0.934. The monoisotopic (exact) mass is 204 g/mol. The molecule has 2 unspecified atom stereocenters. The molecule has 0 rings (SSSR count). The molecule has 0 saturated heterocycles. The molecule has 0 saturated carbocycles. The molecule has 0 bridgehead atoms. The van der Waals surface area contributed by atoms with Gasteiger partial charge in [0.05, 0.1) is 6.42 Å². The number of rotatable bonds is 7. The van der Waals surface area contributed by atoms with Crippen molar-refractivity contribution in [1.82, 2.24) is 0 Å². The summed E-state index contributed by atoms with van der Waals surface area (Å²) in [4.78, 5) is 10.5. The van der Waals surface area contributed by atoms with Gasteiger partial charge in [-0.05, 0) is 18.1 Å². The molecule has 0 fully saturated rings. The first kappa shape index (κ1) is 12.8. The summed E-state index contributed by atoms with van der Waals surface area (Å²) < 4.78 is 0. The zero-order valence-corrected chi connectivity index (χ0v) is 9.56. The van der Waals surface area contributed by atoms with Crippen LogP contribution in [-0.2, 0) is 4.79 Å². The molecule has 0 aliphatic heterocycles. The summed E-state index contributed by atoms with van der Waals surface area (Å²) in [7, 11) is 0. The second-order valence-corrected chi connectivity index (χ2v) is 4.81. The zero-order valence-electron chi connectivity index (χ0n) is 8.75. The van der Waals surface area contributed by atoms with Crippen LogP contribution in [0, 0.1) is 5.92 Å². The molecule has 0 aromatic rings. The Kier molecular flexibility index (Phi) is 7.14. The van der Waals surface area contributed by atoms with Crippen molar-refractivity contribution in [2.24, 2.45) is 5.92 Å². The van der Waals surface area contributed by atoms with Gasteiger partial charge in [0.15, 0.2) is 0 Å². The summed E-state index contributed by atoms with van der Waals surface area (Å²) in [5.41, 5.74) is 0. The minimum Gasteiger partial charge on any atom is -0.481 e. The van der Waals surface area contributed by atoms with Crippen molar-refractivity contribution in [1.29, 1.82) is 0 Å². The normalized spacial score (nSPS) is 15.3. The van der Waals surface area contributed by atoms with Crippen molar-refractivity contribution in [3.05, 3.63) is 0 Å². The van der Waals surface area contributed by atoms with Gasteiger partial charge in [0.1, 0.15) is 0 Å². The maximum absolute atomic E-state index is 10.5. The number of hydrogen-bond acceptors (Lipinski definition) is 2. The van der Waals surface area contributed by atoms with E-state index in [1.165, 1.54) is 6.42 Å². The van der Waals surface area contributed by atoms with Crippen molar-refractivity contribution >= 4 is 17.7 Å². The van der Waals surface area contributed by atoms with Crippen molar-refractivity contribution in [2.45, 2.75) is 45.3 Å². The quantitative estimate of drug-likeness (QED) is 0.692. The second-order valence-electron chi connectivity index (χ2n) is 3.47. The average molecular weight is 204 g/mol. The molecule has 13 heavy (non-hydrogen) atoms. The van der Waals surface area contributed by atoms with Crippen LogP contribution in [-0.4, -0.2) is 22.1 Å². The Bertz CT molecular complexity index is 148. The van der Waals surface area contributed by atoms with Crippen LogP contribution in [0.3, 0.4) is 0 Å². The predicted octanol–water partition coefficient (Wildman–Crippen LogP) is 3.02. The molecule has 78 valence electrons. The first-order chi connectivity index (χ1) is 6.10. The molecular formula is C10H20O2S. The van der Waals surface area contributed by atoms with Gasteiger partial charge in [0.2, 0.25) is 0 Å². The van der Waals surface area contributed by atoms with Gasteiger partial charge in [-0.3, -0.25) is 4.79 Å².